The number of benzene rings is 1. The first-order valence-corrected chi connectivity index (χ1v) is 5.68. The normalized spacial score (nSPS) is 25.5. The largest absolute Gasteiger partial charge is 0.391 e. The fourth-order valence-corrected chi connectivity index (χ4v) is 2.38. The standard InChI is InChI=1S/C13H19NO/c1-9-6-10(2)8-11(7-9)14-12-4-3-5-13(12)15/h6-8,12-15H,3-5H2,1-2H3. The molecule has 0 amide bonds. The third-order valence-electron chi connectivity index (χ3n) is 3.05. The van der Waals surface area contributed by atoms with E-state index in [1.807, 2.05) is 0 Å². The van der Waals surface area contributed by atoms with Crippen molar-refractivity contribution in [3.05, 3.63) is 29.3 Å². The molecule has 0 radical (unpaired) electrons. The summed E-state index contributed by atoms with van der Waals surface area (Å²) >= 11 is 0. The van der Waals surface area contributed by atoms with E-state index < -0.39 is 0 Å². The minimum atomic E-state index is -0.175. The van der Waals surface area contributed by atoms with Crippen molar-refractivity contribution in [2.45, 2.75) is 45.3 Å². The summed E-state index contributed by atoms with van der Waals surface area (Å²) in [6.07, 6.45) is 2.96. The SMILES string of the molecule is Cc1cc(C)cc(NC2CCCC2O)c1. The zero-order valence-electron chi connectivity index (χ0n) is 9.46. The van der Waals surface area contributed by atoms with Gasteiger partial charge in [-0.25, -0.2) is 0 Å². The molecular weight excluding hydrogens is 186 g/mol. The summed E-state index contributed by atoms with van der Waals surface area (Å²) in [5, 5.41) is 13.1. The van der Waals surface area contributed by atoms with E-state index in [9.17, 15) is 5.11 Å². The molecule has 2 N–H and O–H groups in total. The summed E-state index contributed by atoms with van der Waals surface area (Å²) in [5.41, 5.74) is 3.67. The molecule has 0 saturated heterocycles. The van der Waals surface area contributed by atoms with Gasteiger partial charge in [-0.1, -0.05) is 6.07 Å². The molecule has 1 aromatic carbocycles. The van der Waals surface area contributed by atoms with Crippen LogP contribution in [0.1, 0.15) is 30.4 Å². The Labute approximate surface area is 91.3 Å². The van der Waals surface area contributed by atoms with Crippen LogP contribution >= 0.6 is 0 Å². The molecule has 0 bridgehead atoms. The van der Waals surface area contributed by atoms with Crippen LogP contribution in [0.3, 0.4) is 0 Å². The molecule has 0 spiro atoms. The molecule has 1 aliphatic rings. The third-order valence-corrected chi connectivity index (χ3v) is 3.05. The number of rotatable bonds is 2. The maximum absolute atomic E-state index is 9.73. The first-order chi connectivity index (χ1) is 7.15. The van der Waals surface area contributed by atoms with Gasteiger partial charge in [0, 0.05) is 5.69 Å². The van der Waals surface area contributed by atoms with Crippen molar-refractivity contribution in [1.29, 1.82) is 0 Å². The van der Waals surface area contributed by atoms with E-state index >= 15 is 0 Å². The molecule has 2 heteroatoms. The number of aliphatic hydroxyl groups excluding tert-OH is 1. The van der Waals surface area contributed by atoms with Gasteiger partial charge < -0.3 is 10.4 Å². The van der Waals surface area contributed by atoms with Gasteiger partial charge >= 0.3 is 0 Å². The Kier molecular flexibility index (Phi) is 2.96. The van der Waals surface area contributed by atoms with Crippen molar-refractivity contribution >= 4 is 5.69 Å². The summed E-state index contributed by atoms with van der Waals surface area (Å²) in [7, 11) is 0. The fourth-order valence-electron chi connectivity index (χ4n) is 2.38. The predicted octanol–water partition coefficient (Wildman–Crippen LogP) is 2.63. The van der Waals surface area contributed by atoms with Crippen LogP contribution in [-0.4, -0.2) is 17.3 Å². The van der Waals surface area contributed by atoms with Crippen LogP contribution in [0.4, 0.5) is 5.69 Å². The van der Waals surface area contributed by atoms with Gasteiger partial charge in [0.2, 0.25) is 0 Å². The zero-order chi connectivity index (χ0) is 10.8. The van der Waals surface area contributed by atoms with Crippen LogP contribution < -0.4 is 5.32 Å². The highest BCUT2D eigenvalue weighted by atomic mass is 16.3. The van der Waals surface area contributed by atoms with E-state index in [0.29, 0.717) is 0 Å². The van der Waals surface area contributed by atoms with Crippen LogP contribution in [0.25, 0.3) is 0 Å². The average molecular weight is 205 g/mol. The summed E-state index contributed by atoms with van der Waals surface area (Å²) in [4.78, 5) is 0. The molecular formula is C13H19NO. The average Bonchev–Trinajstić information content (AvgIpc) is 2.50. The topological polar surface area (TPSA) is 32.3 Å². The predicted molar refractivity (Wildman–Crippen MR) is 63.2 cm³/mol. The lowest BCUT2D eigenvalue weighted by atomic mass is 10.1. The van der Waals surface area contributed by atoms with Gasteiger partial charge in [0.15, 0.2) is 0 Å². The van der Waals surface area contributed by atoms with E-state index in [-0.39, 0.29) is 12.1 Å². The maximum atomic E-state index is 9.73. The molecule has 15 heavy (non-hydrogen) atoms. The first-order valence-electron chi connectivity index (χ1n) is 5.68. The maximum Gasteiger partial charge on any atom is 0.0741 e. The van der Waals surface area contributed by atoms with E-state index in [4.69, 9.17) is 0 Å². The van der Waals surface area contributed by atoms with Crippen molar-refractivity contribution in [1.82, 2.24) is 0 Å². The van der Waals surface area contributed by atoms with Crippen LogP contribution in [0.2, 0.25) is 0 Å². The summed E-state index contributed by atoms with van der Waals surface area (Å²) in [6.45, 7) is 4.20. The van der Waals surface area contributed by atoms with Gasteiger partial charge in [0.25, 0.3) is 0 Å². The number of aliphatic hydroxyl groups is 1. The molecule has 1 fully saturated rings. The highest BCUT2D eigenvalue weighted by Gasteiger charge is 2.24. The van der Waals surface area contributed by atoms with Crippen molar-refractivity contribution in [3.8, 4) is 0 Å². The fraction of sp³-hybridized carbons (Fsp3) is 0.538. The summed E-state index contributed by atoms with van der Waals surface area (Å²) in [6, 6.07) is 6.68. The molecule has 1 aromatic rings. The van der Waals surface area contributed by atoms with E-state index in [1.165, 1.54) is 11.1 Å². The minimum absolute atomic E-state index is 0.175. The Morgan fingerprint density at radius 1 is 1.13 bits per heavy atom. The van der Waals surface area contributed by atoms with Crippen LogP contribution in [0.15, 0.2) is 18.2 Å². The van der Waals surface area contributed by atoms with Gasteiger partial charge in [0.05, 0.1) is 12.1 Å². The number of nitrogens with one attached hydrogen (secondary N) is 1. The van der Waals surface area contributed by atoms with E-state index in [2.05, 4.69) is 37.4 Å². The Balaban J connectivity index is 2.10. The molecule has 2 unspecified atom stereocenters. The lowest BCUT2D eigenvalue weighted by Crippen LogP contribution is -2.27. The first kappa shape index (κ1) is 10.5. The number of aryl methyl sites for hydroxylation is 2. The third kappa shape index (κ3) is 2.51. The van der Waals surface area contributed by atoms with Crippen molar-refractivity contribution in [3.63, 3.8) is 0 Å². The second-order valence-electron chi connectivity index (χ2n) is 4.63. The van der Waals surface area contributed by atoms with E-state index in [1.54, 1.807) is 0 Å². The molecule has 0 aliphatic heterocycles. The molecule has 0 aromatic heterocycles. The Morgan fingerprint density at radius 3 is 2.33 bits per heavy atom. The quantitative estimate of drug-likeness (QED) is 0.778. The lowest BCUT2D eigenvalue weighted by molar-refractivity contribution is 0.172. The Hall–Kier alpha value is -1.02. The Bertz CT molecular complexity index is 328. The van der Waals surface area contributed by atoms with Gasteiger partial charge in [-0.15, -0.1) is 0 Å². The second-order valence-corrected chi connectivity index (χ2v) is 4.63. The number of anilines is 1. The summed E-state index contributed by atoms with van der Waals surface area (Å²) < 4.78 is 0. The molecule has 2 rings (SSSR count). The highest BCUT2D eigenvalue weighted by Crippen LogP contribution is 2.24. The van der Waals surface area contributed by atoms with Gasteiger partial charge in [-0.05, 0) is 56.4 Å². The lowest BCUT2D eigenvalue weighted by Gasteiger charge is -2.18. The zero-order valence-corrected chi connectivity index (χ0v) is 9.46. The molecule has 2 nitrogen and oxygen atoms in total. The molecule has 0 heterocycles. The molecule has 2 atom stereocenters. The van der Waals surface area contributed by atoms with Crippen molar-refractivity contribution in [2.24, 2.45) is 0 Å². The molecule has 82 valence electrons. The monoisotopic (exact) mass is 205 g/mol. The minimum Gasteiger partial charge on any atom is -0.391 e. The van der Waals surface area contributed by atoms with Gasteiger partial charge in [0.1, 0.15) is 0 Å². The van der Waals surface area contributed by atoms with Gasteiger partial charge in [-0.2, -0.15) is 0 Å². The smallest absolute Gasteiger partial charge is 0.0741 e. The number of hydrogen-bond acceptors (Lipinski definition) is 2. The second kappa shape index (κ2) is 4.23. The van der Waals surface area contributed by atoms with Crippen LogP contribution in [0.5, 0.6) is 0 Å². The van der Waals surface area contributed by atoms with Crippen molar-refractivity contribution < 1.29 is 5.11 Å². The highest BCUT2D eigenvalue weighted by molar-refractivity contribution is 5.49. The Morgan fingerprint density at radius 2 is 1.80 bits per heavy atom. The summed E-state index contributed by atoms with van der Waals surface area (Å²) in [5.74, 6) is 0. The van der Waals surface area contributed by atoms with Gasteiger partial charge in [-0.3, -0.25) is 0 Å². The van der Waals surface area contributed by atoms with Crippen LogP contribution in [-0.2, 0) is 0 Å². The molecule has 1 aliphatic carbocycles. The van der Waals surface area contributed by atoms with Crippen LogP contribution in [0, 0.1) is 13.8 Å². The molecule has 1 saturated carbocycles. The van der Waals surface area contributed by atoms with Crippen molar-refractivity contribution in [2.75, 3.05) is 5.32 Å². The number of hydrogen-bond donors (Lipinski definition) is 2. The van der Waals surface area contributed by atoms with E-state index in [0.717, 1.165) is 24.9 Å².